The van der Waals surface area contributed by atoms with E-state index in [1.165, 1.54) is 15.8 Å². The molecule has 4 aromatic rings. The predicted molar refractivity (Wildman–Crippen MR) is 131 cm³/mol. The third-order valence-corrected chi connectivity index (χ3v) is 6.23. The molecule has 0 spiro atoms. The minimum atomic E-state index is -0.165. The van der Waals surface area contributed by atoms with E-state index in [2.05, 4.69) is 71.5 Å². The number of nitrogens with zero attached hydrogens (tertiary/aromatic N) is 4. The molecule has 0 saturated carbocycles. The highest BCUT2D eigenvalue weighted by molar-refractivity contribution is 9.10. The summed E-state index contributed by atoms with van der Waals surface area (Å²) in [4.78, 5) is 18.1. The zero-order valence-corrected chi connectivity index (χ0v) is 19.7. The van der Waals surface area contributed by atoms with E-state index in [9.17, 15) is 4.79 Å². The molecular weight excluding hydrogens is 452 g/mol. The molecule has 0 saturated heterocycles. The van der Waals surface area contributed by atoms with Gasteiger partial charge < -0.3 is 4.57 Å². The lowest BCUT2D eigenvalue weighted by Gasteiger charge is -2.14. The number of fused-ring (bicyclic) bond motifs is 1. The molecule has 2 aromatic heterocycles. The summed E-state index contributed by atoms with van der Waals surface area (Å²) in [5.41, 5.74) is 4.96. The number of hydrogen-bond donors (Lipinski definition) is 0. The third-order valence-electron chi connectivity index (χ3n) is 5.74. The molecular formula is C25H25BrN4O. The number of aromatic nitrogens is 3. The highest BCUT2D eigenvalue weighted by atomic mass is 79.9. The van der Waals surface area contributed by atoms with Gasteiger partial charge in [0.2, 0.25) is 0 Å². The molecule has 0 bridgehead atoms. The number of rotatable bonds is 5. The fourth-order valence-electron chi connectivity index (χ4n) is 3.51. The Morgan fingerprint density at radius 1 is 1.13 bits per heavy atom. The molecule has 0 amide bonds. The van der Waals surface area contributed by atoms with Gasteiger partial charge in [-0.1, -0.05) is 35.8 Å². The summed E-state index contributed by atoms with van der Waals surface area (Å²) in [5.74, 6) is 0.771. The lowest BCUT2D eigenvalue weighted by molar-refractivity contribution is 0.613. The maximum atomic E-state index is 13.3. The molecule has 0 unspecified atom stereocenters. The molecule has 1 atom stereocenters. The number of aryl methyl sites for hydroxylation is 2. The SMILES string of the molecule is CC[C@H](C)c1nc2ccc(Br)cc2c(=O)n1N=Cc1cccn1-c1ccc(C)c(C)c1. The number of hydrogen-bond acceptors (Lipinski definition) is 3. The van der Waals surface area contributed by atoms with E-state index in [1.54, 1.807) is 12.3 Å². The Labute approximate surface area is 190 Å². The maximum Gasteiger partial charge on any atom is 0.282 e. The van der Waals surface area contributed by atoms with E-state index in [0.717, 1.165) is 22.3 Å². The lowest BCUT2D eigenvalue weighted by atomic mass is 10.1. The Morgan fingerprint density at radius 3 is 2.68 bits per heavy atom. The topological polar surface area (TPSA) is 52.2 Å². The minimum absolute atomic E-state index is 0.101. The van der Waals surface area contributed by atoms with Crippen molar-refractivity contribution in [2.75, 3.05) is 0 Å². The van der Waals surface area contributed by atoms with Crippen molar-refractivity contribution >= 4 is 33.0 Å². The molecule has 158 valence electrons. The van der Waals surface area contributed by atoms with Crippen LogP contribution in [0.15, 0.2) is 69.1 Å². The van der Waals surface area contributed by atoms with E-state index < -0.39 is 0 Å². The summed E-state index contributed by atoms with van der Waals surface area (Å²) in [5, 5.41) is 5.15. The van der Waals surface area contributed by atoms with Gasteiger partial charge in [-0.05, 0) is 73.9 Å². The molecule has 0 aliphatic heterocycles. The van der Waals surface area contributed by atoms with Crippen molar-refractivity contribution < 1.29 is 0 Å². The minimum Gasteiger partial charge on any atom is -0.316 e. The van der Waals surface area contributed by atoms with E-state index in [4.69, 9.17) is 4.98 Å². The van der Waals surface area contributed by atoms with Crippen LogP contribution < -0.4 is 5.56 Å². The third kappa shape index (κ3) is 4.12. The van der Waals surface area contributed by atoms with Crippen LogP contribution >= 0.6 is 15.9 Å². The van der Waals surface area contributed by atoms with Crippen molar-refractivity contribution in [2.45, 2.75) is 40.0 Å². The first-order valence-electron chi connectivity index (χ1n) is 10.4. The predicted octanol–water partition coefficient (Wildman–Crippen LogP) is 5.96. The molecule has 4 rings (SSSR count). The van der Waals surface area contributed by atoms with Crippen LogP contribution in [0.1, 0.15) is 48.8 Å². The van der Waals surface area contributed by atoms with Gasteiger partial charge in [0.1, 0.15) is 5.82 Å². The average Bonchev–Trinajstić information content (AvgIpc) is 3.23. The van der Waals surface area contributed by atoms with Crippen LogP contribution in [-0.2, 0) is 0 Å². The van der Waals surface area contributed by atoms with Crippen LogP contribution in [0.2, 0.25) is 0 Å². The van der Waals surface area contributed by atoms with E-state index in [0.29, 0.717) is 16.7 Å². The van der Waals surface area contributed by atoms with Gasteiger partial charge in [-0.3, -0.25) is 4.79 Å². The molecule has 2 heterocycles. The largest absolute Gasteiger partial charge is 0.316 e. The van der Waals surface area contributed by atoms with Crippen LogP contribution in [0, 0.1) is 13.8 Å². The van der Waals surface area contributed by atoms with Crippen LogP contribution in [0.4, 0.5) is 0 Å². The van der Waals surface area contributed by atoms with Gasteiger partial charge in [0.15, 0.2) is 0 Å². The number of benzene rings is 2. The van der Waals surface area contributed by atoms with Crippen molar-refractivity contribution in [3.05, 3.63) is 92.2 Å². The molecule has 0 N–H and O–H groups in total. The summed E-state index contributed by atoms with van der Waals surface area (Å²) < 4.78 is 4.35. The molecule has 5 nitrogen and oxygen atoms in total. The lowest BCUT2D eigenvalue weighted by Crippen LogP contribution is -2.24. The van der Waals surface area contributed by atoms with Crippen LogP contribution in [-0.4, -0.2) is 20.4 Å². The number of halogens is 1. The summed E-state index contributed by atoms with van der Waals surface area (Å²) in [6, 6.07) is 15.9. The molecule has 6 heteroatoms. The highest BCUT2D eigenvalue weighted by Crippen LogP contribution is 2.21. The van der Waals surface area contributed by atoms with E-state index in [-0.39, 0.29) is 11.5 Å². The Bertz CT molecular complexity index is 1350. The molecule has 0 aliphatic carbocycles. The van der Waals surface area contributed by atoms with Gasteiger partial charge >= 0.3 is 0 Å². The summed E-state index contributed by atoms with van der Waals surface area (Å²) in [6.45, 7) is 8.36. The normalized spacial score (nSPS) is 12.7. The second-order valence-corrected chi connectivity index (χ2v) is 8.79. The van der Waals surface area contributed by atoms with E-state index >= 15 is 0 Å². The van der Waals surface area contributed by atoms with Gasteiger partial charge in [0, 0.05) is 22.3 Å². The fraction of sp³-hybridized carbons (Fsp3) is 0.240. The first-order chi connectivity index (χ1) is 14.9. The Kier molecular flexibility index (Phi) is 5.92. The molecule has 31 heavy (non-hydrogen) atoms. The molecule has 0 aliphatic rings. The standard InChI is InChI=1S/C25H25BrN4O/c1-5-16(2)24-28-23-11-9-19(26)14-22(23)25(31)30(24)27-15-21-7-6-12-29(21)20-10-8-17(3)18(4)13-20/h6-16H,5H2,1-4H3/t16-/m0/s1. The van der Waals surface area contributed by atoms with Gasteiger partial charge in [0.05, 0.1) is 22.8 Å². The van der Waals surface area contributed by atoms with Crippen LogP contribution in [0.5, 0.6) is 0 Å². The molecule has 0 fully saturated rings. The van der Waals surface area contributed by atoms with Crippen molar-refractivity contribution in [1.82, 2.24) is 14.2 Å². The zero-order chi connectivity index (χ0) is 22.1. The Hall–Kier alpha value is -2.99. The van der Waals surface area contributed by atoms with Gasteiger partial charge in [-0.15, -0.1) is 0 Å². The smallest absolute Gasteiger partial charge is 0.282 e. The van der Waals surface area contributed by atoms with Crippen LogP contribution in [0.3, 0.4) is 0 Å². The van der Waals surface area contributed by atoms with Crippen molar-refractivity contribution in [3.8, 4) is 5.69 Å². The van der Waals surface area contributed by atoms with Crippen molar-refractivity contribution in [3.63, 3.8) is 0 Å². The summed E-state index contributed by atoms with van der Waals surface area (Å²) >= 11 is 3.45. The molecule has 0 radical (unpaired) electrons. The van der Waals surface area contributed by atoms with E-state index in [1.807, 2.05) is 30.5 Å². The second kappa shape index (κ2) is 8.63. The average molecular weight is 477 g/mol. The van der Waals surface area contributed by atoms with Gasteiger partial charge in [0.25, 0.3) is 5.56 Å². The highest BCUT2D eigenvalue weighted by Gasteiger charge is 2.15. The quantitative estimate of drug-likeness (QED) is 0.333. The molecule has 2 aromatic carbocycles. The summed E-state index contributed by atoms with van der Waals surface area (Å²) in [6.07, 6.45) is 4.59. The van der Waals surface area contributed by atoms with Crippen LogP contribution in [0.25, 0.3) is 16.6 Å². The monoisotopic (exact) mass is 476 g/mol. The van der Waals surface area contributed by atoms with Crippen molar-refractivity contribution in [2.24, 2.45) is 5.10 Å². The Balaban J connectivity index is 1.84. The van der Waals surface area contributed by atoms with Gasteiger partial charge in [-0.2, -0.15) is 9.78 Å². The second-order valence-electron chi connectivity index (χ2n) is 7.87. The first-order valence-corrected chi connectivity index (χ1v) is 11.2. The zero-order valence-electron chi connectivity index (χ0n) is 18.1. The first kappa shape index (κ1) is 21.2. The Morgan fingerprint density at radius 2 is 1.94 bits per heavy atom. The van der Waals surface area contributed by atoms with Gasteiger partial charge in [-0.25, -0.2) is 4.98 Å². The summed E-state index contributed by atoms with van der Waals surface area (Å²) in [7, 11) is 0. The van der Waals surface area contributed by atoms with Crippen molar-refractivity contribution in [1.29, 1.82) is 0 Å². The fourth-order valence-corrected chi connectivity index (χ4v) is 3.87. The maximum absolute atomic E-state index is 13.3.